The van der Waals surface area contributed by atoms with Gasteiger partial charge in [-0.2, -0.15) is 0 Å². The Kier molecular flexibility index (Phi) is 2.93. The predicted octanol–water partition coefficient (Wildman–Crippen LogP) is 3.85. The molecule has 2 rings (SSSR count). The largest absolute Gasteiger partial charge is 0.481 e. The fourth-order valence-corrected chi connectivity index (χ4v) is 3.20. The first-order valence-electron chi connectivity index (χ1n) is 4.40. The Bertz CT molecular complexity index is 444. The van der Waals surface area contributed by atoms with Gasteiger partial charge in [-0.1, -0.05) is 23.2 Å². The minimum absolute atomic E-state index is 0.363. The maximum absolute atomic E-state index is 13.8. The van der Waals surface area contributed by atoms with Crippen LogP contribution in [0, 0.1) is 5.92 Å². The molecule has 2 nitrogen and oxygen atoms in total. The second kappa shape index (κ2) is 3.86. The van der Waals surface area contributed by atoms with E-state index in [0.29, 0.717) is 15.6 Å². The molecule has 1 aromatic carbocycles. The van der Waals surface area contributed by atoms with Crippen molar-refractivity contribution in [3.8, 4) is 0 Å². The van der Waals surface area contributed by atoms with Gasteiger partial charge in [-0.3, -0.25) is 4.79 Å². The number of hydrogen-bond acceptors (Lipinski definition) is 1. The van der Waals surface area contributed by atoms with Gasteiger partial charge in [-0.05, 0) is 39.7 Å². The minimum Gasteiger partial charge on any atom is -0.481 e. The van der Waals surface area contributed by atoms with Crippen LogP contribution < -0.4 is 0 Å². The zero-order valence-corrected chi connectivity index (χ0v) is 10.9. The first kappa shape index (κ1) is 12.1. The van der Waals surface area contributed by atoms with Crippen molar-refractivity contribution < 1.29 is 14.3 Å². The molecule has 1 aliphatic rings. The van der Waals surface area contributed by atoms with Gasteiger partial charge in [0.15, 0.2) is 4.58 Å². The van der Waals surface area contributed by atoms with Crippen molar-refractivity contribution in [3.63, 3.8) is 0 Å². The Morgan fingerprint density at radius 2 is 1.88 bits per heavy atom. The summed E-state index contributed by atoms with van der Waals surface area (Å²) in [6.07, 6.45) is 0. The first-order valence-corrected chi connectivity index (χ1v) is 5.95. The Balaban J connectivity index is 2.37. The first-order chi connectivity index (χ1) is 7.34. The molecular weight excluding hydrogens is 322 g/mol. The lowest BCUT2D eigenvalue weighted by Crippen LogP contribution is -2.03. The van der Waals surface area contributed by atoms with Gasteiger partial charge >= 0.3 is 5.97 Å². The second-order valence-corrected chi connectivity index (χ2v) is 5.76. The second-order valence-electron chi connectivity index (χ2n) is 3.67. The highest BCUT2D eigenvalue weighted by atomic mass is 79.9. The van der Waals surface area contributed by atoms with Crippen molar-refractivity contribution in [2.24, 2.45) is 5.92 Å². The van der Waals surface area contributed by atoms with Gasteiger partial charge in [0.25, 0.3) is 0 Å². The molecule has 1 aromatic rings. The molecule has 0 saturated heterocycles. The summed E-state index contributed by atoms with van der Waals surface area (Å²) >= 11 is 14.3. The number of halogens is 4. The SMILES string of the molecule is O=C(O)[C@H]1[C@H](c2cc(Cl)cc(Cl)c2)C1(F)Br. The number of carboxylic acid groups (broad SMARTS) is 1. The predicted molar refractivity (Wildman–Crippen MR) is 63.1 cm³/mol. The van der Waals surface area contributed by atoms with E-state index in [-0.39, 0.29) is 0 Å². The van der Waals surface area contributed by atoms with E-state index in [0.717, 1.165) is 0 Å². The Labute approximate surface area is 109 Å². The summed E-state index contributed by atoms with van der Waals surface area (Å²) in [4.78, 5) is 10.8. The van der Waals surface area contributed by atoms with Crippen LogP contribution in [0.2, 0.25) is 10.0 Å². The molecule has 86 valence electrons. The van der Waals surface area contributed by atoms with Crippen LogP contribution in [-0.4, -0.2) is 15.7 Å². The lowest BCUT2D eigenvalue weighted by Gasteiger charge is -2.01. The van der Waals surface area contributed by atoms with Gasteiger partial charge in [-0.15, -0.1) is 0 Å². The third-order valence-electron chi connectivity index (χ3n) is 2.56. The van der Waals surface area contributed by atoms with Crippen LogP contribution in [0.25, 0.3) is 0 Å². The maximum atomic E-state index is 13.8. The van der Waals surface area contributed by atoms with Crippen LogP contribution in [0.4, 0.5) is 4.39 Å². The number of carbonyl (C=O) groups is 1. The summed E-state index contributed by atoms with van der Waals surface area (Å²) in [6.45, 7) is 0. The minimum atomic E-state index is -1.91. The van der Waals surface area contributed by atoms with E-state index in [1.807, 2.05) is 0 Å². The van der Waals surface area contributed by atoms with Gasteiger partial charge < -0.3 is 5.11 Å². The van der Waals surface area contributed by atoms with Gasteiger partial charge in [0.2, 0.25) is 0 Å². The molecule has 16 heavy (non-hydrogen) atoms. The molecule has 1 aliphatic carbocycles. The van der Waals surface area contributed by atoms with Gasteiger partial charge in [0.05, 0.1) is 0 Å². The lowest BCUT2D eigenvalue weighted by molar-refractivity contribution is -0.139. The molecule has 0 aromatic heterocycles. The Morgan fingerprint density at radius 3 is 2.25 bits per heavy atom. The van der Waals surface area contributed by atoms with E-state index in [2.05, 4.69) is 15.9 Å². The highest BCUT2D eigenvalue weighted by Gasteiger charge is 2.69. The summed E-state index contributed by atoms with van der Waals surface area (Å²) in [5, 5.41) is 9.55. The van der Waals surface area contributed by atoms with E-state index >= 15 is 0 Å². The number of hydrogen-bond donors (Lipinski definition) is 1. The molecule has 0 spiro atoms. The van der Waals surface area contributed by atoms with Crippen molar-refractivity contribution in [1.82, 2.24) is 0 Å². The van der Waals surface area contributed by atoms with Crippen LogP contribution in [0.5, 0.6) is 0 Å². The normalized spacial score (nSPS) is 32.5. The van der Waals surface area contributed by atoms with Gasteiger partial charge in [0, 0.05) is 16.0 Å². The molecule has 1 saturated carbocycles. The van der Waals surface area contributed by atoms with E-state index < -0.39 is 22.4 Å². The van der Waals surface area contributed by atoms with E-state index in [4.69, 9.17) is 28.3 Å². The van der Waals surface area contributed by atoms with Crippen molar-refractivity contribution in [2.45, 2.75) is 10.5 Å². The maximum Gasteiger partial charge on any atom is 0.311 e. The van der Waals surface area contributed by atoms with Crippen molar-refractivity contribution >= 4 is 45.1 Å². The molecule has 0 radical (unpaired) electrons. The fourth-order valence-electron chi connectivity index (χ4n) is 1.80. The van der Waals surface area contributed by atoms with Crippen molar-refractivity contribution in [3.05, 3.63) is 33.8 Å². The molecule has 6 heteroatoms. The number of benzene rings is 1. The van der Waals surface area contributed by atoms with Crippen LogP contribution in [0.3, 0.4) is 0 Å². The highest BCUT2D eigenvalue weighted by molar-refractivity contribution is 9.10. The summed E-state index contributed by atoms with van der Waals surface area (Å²) < 4.78 is 11.9. The van der Waals surface area contributed by atoms with Crippen LogP contribution in [0.1, 0.15) is 11.5 Å². The molecule has 0 bridgehead atoms. The van der Waals surface area contributed by atoms with E-state index in [1.165, 1.54) is 18.2 Å². The third-order valence-corrected chi connectivity index (χ3v) is 3.99. The Hall–Kier alpha value is -0.320. The van der Waals surface area contributed by atoms with Crippen LogP contribution >= 0.6 is 39.1 Å². The molecule has 0 amide bonds. The molecule has 0 aliphatic heterocycles. The zero-order valence-electron chi connectivity index (χ0n) is 7.75. The number of carboxylic acids is 1. The van der Waals surface area contributed by atoms with Crippen molar-refractivity contribution in [2.75, 3.05) is 0 Å². The summed E-state index contributed by atoms with van der Waals surface area (Å²) in [7, 11) is 0. The molecular formula is C10H6BrCl2FO2. The standard InChI is InChI=1S/C10H6BrCl2FO2/c11-10(14)7(8(10)9(15)16)4-1-5(12)3-6(13)2-4/h1-3,7-8H,(H,15,16)/t7-,8+,10?/m0/s1. The Morgan fingerprint density at radius 1 is 1.38 bits per heavy atom. The van der Waals surface area contributed by atoms with Gasteiger partial charge in [-0.25, -0.2) is 4.39 Å². The highest BCUT2D eigenvalue weighted by Crippen LogP contribution is 2.64. The zero-order chi connectivity index (χ0) is 12.1. The van der Waals surface area contributed by atoms with E-state index in [9.17, 15) is 9.18 Å². The van der Waals surface area contributed by atoms with E-state index in [1.54, 1.807) is 0 Å². The average molecular weight is 328 g/mol. The van der Waals surface area contributed by atoms with Crippen molar-refractivity contribution in [1.29, 1.82) is 0 Å². The molecule has 1 N–H and O–H groups in total. The lowest BCUT2D eigenvalue weighted by atomic mass is 10.1. The third kappa shape index (κ3) is 1.94. The number of alkyl halides is 2. The summed E-state index contributed by atoms with van der Waals surface area (Å²) in [5.74, 6) is -3.02. The average Bonchev–Trinajstić information content (AvgIpc) is 2.67. The monoisotopic (exact) mass is 326 g/mol. The summed E-state index contributed by atoms with van der Waals surface area (Å²) in [6, 6.07) is 4.56. The molecule has 1 fully saturated rings. The number of aliphatic carboxylic acids is 1. The van der Waals surface area contributed by atoms with Gasteiger partial charge in [0.1, 0.15) is 5.92 Å². The molecule has 0 heterocycles. The quantitative estimate of drug-likeness (QED) is 0.838. The smallest absolute Gasteiger partial charge is 0.311 e. The molecule has 3 atom stereocenters. The van der Waals surface area contributed by atoms with Crippen LogP contribution in [0.15, 0.2) is 18.2 Å². The summed E-state index contributed by atoms with van der Waals surface area (Å²) in [5.41, 5.74) is 0.490. The topological polar surface area (TPSA) is 37.3 Å². The number of rotatable bonds is 2. The molecule has 1 unspecified atom stereocenters. The fraction of sp³-hybridized carbons (Fsp3) is 0.300. The van der Waals surface area contributed by atoms with Crippen LogP contribution in [-0.2, 0) is 4.79 Å².